The average molecular weight is 260 g/mol. The zero-order valence-electron chi connectivity index (χ0n) is 11.5. The largest absolute Gasteiger partial charge is 0.348 e. The van der Waals surface area contributed by atoms with Crippen LogP contribution in [0.3, 0.4) is 0 Å². The van der Waals surface area contributed by atoms with E-state index < -0.39 is 0 Å². The molecule has 1 heterocycles. The number of hydrogen-bond acceptors (Lipinski definition) is 1. The van der Waals surface area contributed by atoms with Crippen molar-refractivity contribution in [3.8, 4) is 0 Å². The Labute approximate surface area is 113 Å². The van der Waals surface area contributed by atoms with Crippen LogP contribution in [0.15, 0.2) is 24.4 Å². The summed E-state index contributed by atoms with van der Waals surface area (Å²) in [6.07, 6.45) is 8.37. The van der Waals surface area contributed by atoms with Crippen LogP contribution in [0.2, 0.25) is 0 Å². The monoisotopic (exact) mass is 260 g/mol. The molecule has 0 saturated heterocycles. The number of halogens is 1. The van der Waals surface area contributed by atoms with E-state index in [1.807, 2.05) is 17.7 Å². The van der Waals surface area contributed by atoms with Crippen molar-refractivity contribution >= 4 is 10.9 Å². The number of para-hydroxylation sites is 1. The van der Waals surface area contributed by atoms with Crippen LogP contribution in [0.4, 0.5) is 4.39 Å². The molecule has 1 fully saturated rings. The van der Waals surface area contributed by atoms with E-state index in [2.05, 4.69) is 11.5 Å². The van der Waals surface area contributed by atoms with Crippen LogP contribution in [0.5, 0.6) is 0 Å². The molecule has 1 N–H and O–H groups in total. The summed E-state index contributed by atoms with van der Waals surface area (Å²) in [7, 11) is 1.92. The highest BCUT2D eigenvalue weighted by molar-refractivity contribution is 5.84. The zero-order valence-corrected chi connectivity index (χ0v) is 11.5. The van der Waals surface area contributed by atoms with Crippen LogP contribution >= 0.6 is 0 Å². The smallest absolute Gasteiger partial charge is 0.147 e. The van der Waals surface area contributed by atoms with E-state index in [1.54, 1.807) is 6.07 Å². The molecule has 1 aliphatic carbocycles. The van der Waals surface area contributed by atoms with E-state index in [4.69, 9.17) is 0 Å². The summed E-state index contributed by atoms with van der Waals surface area (Å²) in [5, 5.41) is 4.67. The van der Waals surface area contributed by atoms with Gasteiger partial charge < -0.3 is 9.88 Å². The molecule has 0 amide bonds. The highest BCUT2D eigenvalue weighted by Crippen LogP contribution is 2.23. The molecular weight excluding hydrogens is 239 g/mol. The number of rotatable bonds is 4. The molecule has 3 heteroatoms. The van der Waals surface area contributed by atoms with Gasteiger partial charge in [0.1, 0.15) is 5.82 Å². The first kappa shape index (κ1) is 12.7. The summed E-state index contributed by atoms with van der Waals surface area (Å²) in [4.78, 5) is 0. The predicted octanol–water partition coefficient (Wildman–Crippen LogP) is 3.39. The van der Waals surface area contributed by atoms with Gasteiger partial charge in [0.2, 0.25) is 0 Å². The zero-order chi connectivity index (χ0) is 13.2. The minimum Gasteiger partial charge on any atom is -0.348 e. The first-order valence-corrected chi connectivity index (χ1v) is 7.21. The standard InChI is InChI=1S/C16H21FN2/c1-19-11-12(9-10-18-13-5-2-3-6-13)14-7-4-8-15(17)16(14)19/h4,7-8,11,13,18H,2-3,5-6,9-10H2,1H3. The van der Waals surface area contributed by atoms with E-state index in [1.165, 1.54) is 37.3 Å². The normalized spacial score (nSPS) is 16.5. The Morgan fingerprint density at radius 3 is 2.89 bits per heavy atom. The van der Waals surface area contributed by atoms with Gasteiger partial charge in [-0.05, 0) is 37.4 Å². The first-order valence-electron chi connectivity index (χ1n) is 7.21. The second-order valence-electron chi connectivity index (χ2n) is 5.59. The Bertz CT molecular complexity index is 567. The molecule has 0 bridgehead atoms. The fraction of sp³-hybridized carbons (Fsp3) is 0.500. The molecule has 1 saturated carbocycles. The van der Waals surface area contributed by atoms with Gasteiger partial charge in [0.25, 0.3) is 0 Å². The molecule has 0 atom stereocenters. The Kier molecular flexibility index (Phi) is 3.56. The van der Waals surface area contributed by atoms with E-state index in [0.29, 0.717) is 6.04 Å². The summed E-state index contributed by atoms with van der Waals surface area (Å²) >= 11 is 0. The number of aromatic nitrogens is 1. The SMILES string of the molecule is Cn1cc(CCNC2CCCC2)c2cccc(F)c21. The van der Waals surface area contributed by atoms with E-state index in [0.717, 1.165) is 23.9 Å². The lowest BCUT2D eigenvalue weighted by Crippen LogP contribution is -2.27. The molecule has 1 aliphatic rings. The predicted molar refractivity (Wildman–Crippen MR) is 76.8 cm³/mol. The van der Waals surface area contributed by atoms with E-state index in [-0.39, 0.29) is 5.82 Å². The maximum absolute atomic E-state index is 13.8. The van der Waals surface area contributed by atoms with Gasteiger partial charge in [-0.3, -0.25) is 0 Å². The maximum atomic E-state index is 13.8. The molecule has 1 aromatic carbocycles. The van der Waals surface area contributed by atoms with Gasteiger partial charge in [0.15, 0.2) is 0 Å². The van der Waals surface area contributed by atoms with Crippen molar-refractivity contribution in [3.63, 3.8) is 0 Å². The van der Waals surface area contributed by atoms with Gasteiger partial charge in [-0.2, -0.15) is 0 Å². The lowest BCUT2D eigenvalue weighted by Gasteiger charge is -2.10. The van der Waals surface area contributed by atoms with Gasteiger partial charge in [0.05, 0.1) is 5.52 Å². The van der Waals surface area contributed by atoms with Crippen LogP contribution in [0.1, 0.15) is 31.2 Å². The van der Waals surface area contributed by atoms with E-state index in [9.17, 15) is 4.39 Å². The van der Waals surface area contributed by atoms with Gasteiger partial charge in [0, 0.05) is 24.7 Å². The molecule has 102 valence electrons. The average Bonchev–Trinajstić information content (AvgIpc) is 3.00. The minimum absolute atomic E-state index is 0.130. The topological polar surface area (TPSA) is 17.0 Å². The van der Waals surface area contributed by atoms with Gasteiger partial charge in [-0.1, -0.05) is 25.0 Å². The lowest BCUT2D eigenvalue weighted by molar-refractivity contribution is 0.528. The second kappa shape index (κ2) is 5.33. The Morgan fingerprint density at radius 2 is 2.11 bits per heavy atom. The van der Waals surface area contributed by atoms with Crippen LogP contribution in [-0.2, 0) is 13.5 Å². The third-order valence-electron chi connectivity index (χ3n) is 4.22. The van der Waals surface area contributed by atoms with Crippen LogP contribution in [0.25, 0.3) is 10.9 Å². The number of hydrogen-bond donors (Lipinski definition) is 1. The molecule has 2 aromatic rings. The first-order chi connectivity index (χ1) is 9.25. The Hall–Kier alpha value is -1.35. The van der Waals surface area contributed by atoms with Crippen molar-refractivity contribution in [1.29, 1.82) is 0 Å². The third kappa shape index (κ3) is 2.52. The number of nitrogens with one attached hydrogen (secondary N) is 1. The number of fused-ring (bicyclic) bond motifs is 1. The highest BCUT2D eigenvalue weighted by Gasteiger charge is 2.14. The van der Waals surface area contributed by atoms with Crippen molar-refractivity contribution in [1.82, 2.24) is 9.88 Å². The molecule has 19 heavy (non-hydrogen) atoms. The summed E-state index contributed by atoms with van der Waals surface area (Å²) < 4.78 is 15.7. The van der Waals surface area contributed by atoms with Crippen LogP contribution in [-0.4, -0.2) is 17.2 Å². The number of nitrogens with zero attached hydrogens (tertiary/aromatic N) is 1. The maximum Gasteiger partial charge on any atom is 0.147 e. The summed E-state index contributed by atoms with van der Waals surface area (Å²) in [6, 6.07) is 6.05. The van der Waals surface area contributed by atoms with Crippen LogP contribution < -0.4 is 5.32 Å². The van der Waals surface area contributed by atoms with Crippen molar-refractivity contribution in [3.05, 3.63) is 35.8 Å². The molecule has 0 spiro atoms. The van der Waals surface area contributed by atoms with Crippen molar-refractivity contribution in [2.45, 2.75) is 38.1 Å². The summed E-state index contributed by atoms with van der Waals surface area (Å²) in [5.41, 5.74) is 1.96. The molecule has 2 nitrogen and oxygen atoms in total. The Morgan fingerprint density at radius 1 is 1.32 bits per heavy atom. The van der Waals surface area contributed by atoms with Crippen LogP contribution in [0, 0.1) is 5.82 Å². The highest BCUT2D eigenvalue weighted by atomic mass is 19.1. The quantitative estimate of drug-likeness (QED) is 0.891. The summed E-state index contributed by atoms with van der Waals surface area (Å²) in [6.45, 7) is 0.986. The molecule has 0 unspecified atom stereocenters. The van der Waals surface area contributed by atoms with Crippen molar-refractivity contribution in [2.75, 3.05) is 6.54 Å². The molecular formula is C16H21FN2. The van der Waals surface area contributed by atoms with Crippen molar-refractivity contribution < 1.29 is 4.39 Å². The fourth-order valence-corrected chi connectivity index (χ4v) is 3.24. The minimum atomic E-state index is -0.130. The summed E-state index contributed by atoms with van der Waals surface area (Å²) in [5.74, 6) is -0.130. The second-order valence-corrected chi connectivity index (χ2v) is 5.59. The van der Waals surface area contributed by atoms with Crippen molar-refractivity contribution in [2.24, 2.45) is 7.05 Å². The molecule has 1 aromatic heterocycles. The van der Waals surface area contributed by atoms with Gasteiger partial charge in [-0.15, -0.1) is 0 Å². The fourth-order valence-electron chi connectivity index (χ4n) is 3.24. The number of benzene rings is 1. The molecule has 0 radical (unpaired) electrons. The van der Waals surface area contributed by atoms with E-state index >= 15 is 0 Å². The molecule has 3 rings (SSSR count). The van der Waals surface area contributed by atoms with Gasteiger partial charge in [-0.25, -0.2) is 4.39 Å². The third-order valence-corrected chi connectivity index (χ3v) is 4.22. The Balaban J connectivity index is 1.72. The van der Waals surface area contributed by atoms with Gasteiger partial charge >= 0.3 is 0 Å². The lowest BCUT2D eigenvalue weighted by atomic mass is 10.1. The molecule has 0 aliphatic heterocycles. The number of aryl methyl sites for hydroxylation is 1.